The summed E-state index contributed by atoms with van der Waals surface area (Å²) in [7, 11) is 0. The second-order valence-electron chi connectivity index (χ2n) is 15.4. The van der Waals surface area contributed by atoms with Crippen molar-refractivity contribution in [3.8, 4) is 0 Å². The standard InChI is InChI=1S/C42H66O12/c1-28(2)22-16-10-7-13-19-25-52-40(49)34-32(38(45)46)31(37(43)44)33(39(47)48)35(41(50)53-26-20-14-8-11-17-23-29(3)4)36(34)42(51)54-27-21-15-9-12-18-24-30(5)6/h28-30H,7-27H2,1-6H3,(H,43,44)(H,45,46)(H,47,48). The summed E-state index contributed by atoms with van der Waals surface area (Å²) in [5, 5.41) is 30.6. The molecular formula is C42H66O12. The van der Waals surface area contributed by atoms with Crippen LogP contribution in [0.4, 0.5) is 0 Å². The molecule has 0 aliphatic rings. The van der Waals surface area contributed by atoms with Gasteiger partial charge in [-0.3, -0.25) is 0 Å². The zero-order valence-corrected chi connectivity index (χ0v) is 33.6. The summed E-state index contributed by atoms with van der Waals surface area (Å²) in [4.78, 5) is 79.1. The van der Waals surface area contributed by atoms with Crippen LogP contribution in [0.5, 0.6) is 0 Å². The fourth-order valence-corrected chi connectivity index (χ4v) is 6.27. The Labute approximate surface area is 321 Å². The normalized spacial score (nSPS) is 11.3. The highest BCUT2D eigenvalue weighted by Gasteiger charge is 2.42. The van der Waals surface area contributed by atoms with Crippen molar-refractivity contribution in [2.24, 2.45) is 17.8 Å². The average molecular weight is 763 g/mol. The van der Waals surface area contributed by atoms with E-state index in [0.29, 0.717) is 56.3 Å². The highest BCUT2D eigenvalue weighted by Crippen LogP contribution is 2.32. The number of aromatic carboxylic acids is 3. The highest BCUT2D eigenvalue weighted by atomic mass is 16.5. The quantitative estimate of drug-likeness (QED) is 0.0382. The van der Waals surface area contributed by atoms with E-state index in [1.807, 2.05) is 0 Å². The molecule has 0 bridgehead atoms. The lowest BCUT2D eigenvalue weighted by Crippen LogP contribution is -2.30. The third-order valence-corrected chi connectivity index (χ3v) is 9.23. The SMILES string of the molecule is CC(C)CCCCCCCOC(=O)c1c(C(=O)O)c(C(=O)O)c(C(=O)O)c(C(=O)OCCCCCCCC(C)C)c1C(=O)OCCCCCCCC(C)C. The minimum Gasteiger partial charge on any atom is -0.478 e. The van der Waals surface area contributed by atoms with E-state index in [1.54, 1.807) is 0 Å². The number of rotatable bonds is 30. The van der Waals surface area contributed by atoms with E-state index in [1.165, 1.54) is 0 Å². The maximum atomic E-state index is 13.8. The van der Waals surface area contributed by atoms with Gasteiger partial charge < -0.3 is 29.5 Å². The number of benzene rings is 1. The molecule has 0 aliphatic carbocycles. The van der Waals surface area contributed by atoms with Crippen molar-refractivity contribution in [1.29, 1.82) is 0 Å². The van der Waals surface area contributed by atoms with Crippen LogP contribution < -0.4 is 0 Å². The summed E-state index contributed by atoms with van der Waals surface area (Å²) < 4.78 is 16.2. The zero-order chi connectivity index (χ0) is 40.6. The van der Waals surface area contributed by atoms with E-state index in [9.17, 15) is 44.1 Å². The molecule has 1 aromatic rings. The molecule has 3 N–H and O–H groups in total. The van der Waals surface area contributed by atoms with Crippen LogP contribution in [0.2, 0.25) is 0 Å². The summed E-state index contributed by atoms with van der Waals surface area (Å²) >= 11 is 0. The van der Waals surface area contributed by atoms with Crippen LogP contribution >= 0.6 is 0 Å². The fourth-order valence-electron chi connectivity index (χ4n) is 6.27. The van der Waals surface area contributed by atoms with Crippen LogP contribution in [0.3, 0.4) is 0 Å². The molecular weight excluding hydrogens is 696 g/mol. The number of carbonyl (C=O) groups excluding carboxylic acids is 3. The molecule has 0 spiro atoms. The van der Waals surface area contributed by atoms with E-state index in [4.69, 9.17) is 14.2 Å². The Hall–Kier alpha value is -3.96. The van der Waals surface area contributed by atoms with Crippen LogP contribution in [-0.2, 0) is 14.2 Å². The summed E-state index contributed by atoms with van der Waals surface area (Å²) in [5.74, 6) is -8.41. The van der Waals surface area contributed by atoms with Gasteiger partial charge in [-0.25, -0.2) is 28.8 Å². The third-order valence-electron chi connectivity index (χ3n) is 9.23. The molecule has 0 atom stereocenters. The Morgan fingerprint density at radius 3 is 0.796 bits per heavy atom. The average Bonchev–Trinajstić information content (AvgIpc) is 3.09. The predicted octanol–water partition coefficient (Wildman–Crippen LogP) is 10.2. The van der Waals surface area contributed by atoms with Crippen LogP contribution in [0, 0.1) is 17.8 Å². The number of hydrogen-bond donors (Lipinski definition) is 3. The van der Waals surface area contributed by atoms with E-state index in [2.05, 4.69) is 41.5 Å². The van der Waals surface area contributed by atoms with Crippen molar-refractivity contribution in [1.82, 2.24) is 0 Å². The lowest BCUT2D eigenvalue weighted by molar-refractivity contribution is 0.0421. The maximum absolute atomic E-state index is 13.8. The second kappa shape index (κ2) is 26.8. The second-order valence-corrected chi connectivity index (χ2v) is 15.4. The summed E-state index contributed by atoms with van der Waals surface area (Å²) in [6.07, 6.45) is 15.2. The predicted molar refractivity (Wildman–Crippen MR) is 206 cm³/mol. The van der Waals surface area contributed by atoms with Gasteiger partial charge in [0.2, 0.25) is 0 Å². The van der Waals surface area contributed by atoms with Gasteiger partial charge in [0, 0.05) is 0 Å². The number of hydrogen-bond acceptors (Lipinski definition) is 9. The molecule has 0 unspecified atom stereocenters. The maximum Gasteiger partial charge on any atom is 0.339 e. The van der Waals surface area contributed by atoms with Gasteiger partial charge in [-0.2, -0.15) is 0 Å². The van der Waals surface area contributed by atoms with Gasteiger partial charge in [0.1, 0.15) is 0 Å². The van der Waals surface area contributed by atoms with Crippen molar-refractivity contribution >= 4 is 35.8 Å². The lowest BCUT2D eigenvalue weighted by atomic mass is 9.85. The largest absolute Gasteiger partial charge is 0.478 e. The zero-order valence-electron chi connectivity index (χ0n) is 33.6. The molecule has 0 aliphatic heterocycles. The Kier molecular flexibility index (Phi) is 23.8. The number of carboxylic acid groups (broad SMARTS) is 3. The van der Waals surface area contributed by atoms with Crippen LogP contribution in [0.15, 0.2) is 0 Å². The molecule has 1 aromatic carbocycles. The van der Waals surface area contributed by atoms with Crippen molar-refractivity contribution < 1.29 is 58.3 Å². The first kappa shape index (κ1) is 48.1. The summed E-state index contributed by atoms with van der Waals surface area (Å²) in [5.41, 5.74) is -7.02. The molecule has 0 aromatic heterocycles. The highest BCUT2D eigenvalue weighted by molar-refractivity contribution is 6.23. The molecule has 0 saturated carbocycles. The lowest BCUT2D eigenvalue weighted by Gasteiger charge is -2.20. The molecule has 0 fully saturated rings. The van der Waals surface area contributed by atoms with Gasteiger partial charge in [0.15, 0.2) is 0 Å². The number of carboxylic acids is 3. The Morgan fingerprint density at radius 1 is 0.352 bits per heavy atom. The Bertz CT molecular complexity index is 1290. The summed E-state index contributed by atoms with van der Waals surface area (Å²) in [6, 6.07) is 0. The third kappa shape index (κ3) is 17.9. The molecule has 0 heterocycles. The first-order valence-electron chi connectivity index (χ1n) is 20.1. The van der Waals surface area contributed by atoms with Crippen molar-refractivity contribution in [3.63, 3.8) is 0 Å². The Morgan fingerprint density at radius 2 is 0.556 bits per heavy atom. The van der Waals surface area contributed by atoms with E-state index in [0.717, 1.165) is 77.0 Å². The van der Waals surface area contributed by atoms with Crippen LogP contribution in [-0.4, -0.2) is 71.0 Å². The Balaban J connectivity index is 3.51. The number of esters is 3. The molecule has 12 heteroatoms. The number of ether oxygens (including phenoxy) is 3. The van der Waals surface area contributed by atoms with Crippen molar-refractivity contribution in [3.05, 3.63) is 33.4 Å². The first-order valence-corrected chi connectivity index (χ1v) is 20.1. The molecule has 54 heavy (non-hydrogen) atoms. The molecule has 0 amide bonds. The number of unbranched alkanes of at least 4 members (excludes halogenated alkanes) is 12. The minimum absolute atomic E-state index is 0.175. The summed E-state index contributed by atoms with van der Waals surface area (Å²) in [6.45, 7) is 12.3. The van der Waals surface area contributed by atoms with E-state index >= 15 is 0 Å². The minimum atomic E-state index is -2.03. The van der Waals surface area contributed by atoms with Crippen molar-refractivity contribution in [2.45, 2.75) is 157 Å². The fraction of sp³-hybridized carbons (Fsp3) is 0.714. The molecule has 1 rings (SSSR count). The van der Waals surface area contributed by atoms with Gasteiger partial charge in [-0.1, -0.05) is 138 Å². The smallest absolute Gasteiger partial charge is 0.339 e. The van der Waals surface area contributed by atoms with Crippen LogP contribution in [0.25, 0.3) is 0 Å². The number of carbonyl (C=O) groups is 6. The van der Waals surface area contributed by atoms with Gasteiger partial charge in [-0.05, 0) is 37.0 Å². The molecule has 306 valence electrons. The van der Waals surface area contributed by atoms with Gasteiger partial charge in [0.25, 0.3) is 0 Å². The monoisotopic (exact) mass is 762 g/mol. The van der Waals surface area contributed by atoms with E-state index < -0.39 is 69.2 Å². The van der Waals surface area contributed by atoms with Gasteiger partial charge in [0.05, 0.1) is 53.2 Å². The van der Waals surface area contributed by atoms with Crippen LogP contribution in [0.1, 0.15) is 219 Å². The topological polar surface area (TPSA) is 191 Å². The van der Waals surface area contributed by atoms with Crippen molar-refractivity contribution in [2.75, 3.05) is 19.8 Å². The molecule has 12 nitrogen and oxygen atoms in total. The molecule has 0 radical (unpaired) electrons. The molecule has 0 saturated heterocycles. The van der Waals surface area contributed by atoms with Gasteiger partial charge in [-0.15, -0.1) is 0 Å². The first-order chi connectivity index (χ1) is 25.6. The van der Waals surface area contributed by atoms with Gasteiger partial charge >= 0.3 is 35.8 Å². The van der Waals surface area contributed by atoms with E-state index in [-0.39, 0.29) is 19.8 Å².